The molecule has 0 fully saturated rings. The lowest BCUT2D eigenvalue weighted by Gasteiger charge is -2.22. The molecular weight excluding hydrogens is 676 g/mol. The third-order valence-corrected chi connectivity index (χ3v) is 8.02. The number of anilines is 2. The van der Waals surface area contributed by atoms with Crippen LogP contribution in [0.1, 0.15) is 35.4 Å². The van der Waals surface area contributed by atoms with Gasteiger partial charge in [0.2, 0.25) is 5.91 Å². The Morgan fingerprint density at radius 3 is 2.29 bits per heavy atom. The molecule has 4 rings (SSSR count). The minimum absolute atomic E-state index is 0. The van der Waals surface area contributed by atoms with Crippen molar-refractivity contribution in [2.45, 2.75) is 36.6 Å². The molecule has 2 amide bonds. The molecule has 0 saturated carbocycles. The van der Waals surface area contributed by atoms with Crippen LogP contribution >= 0.6 is 24.2 Å². The number of carbonyl (C=O) groups is 3. The lowest BCUT2D eigenvalue weighted by molar-refractivity contribution is -0.148. The van der Waals surface area contributed by atoms with Gasteiger partial charge in [-0.3, -0.25) is 19.1 Å². The Kier molecular flexibility index (Phi) is 13.7. The van der Waals surface area contributed by atoms with Gasteiger partial charge in [-0.1, -0.05) is 30.3 Å². The van der Waals surface area contributed by atoms with Crippen molar-refractivity contribution in [3.8, 4) is 5.75 Å². The van der Waals surface area contributed by atoms with Crippen molar-refractivity contribution < 1.29 is 41.4 Å². The summed E-state index contributed by atoms with van der Waals surface area (Å²) in [6, 6.07) is 16.8. The summed E-state index contributed by atoms with van der Waals surface area (Å²) in [5.74, 6) is -1.08. The molecule has 0 aliphatic heterocycles. The lowest BCUT2D eigenvalue weighted by Crippen LogP contribution is -2.37. The standard InChI is InChI=1S/C33H34F4N4O5S.ClH/c1-4-45-31(43)28(40(2)3)16-17-30(42)41-19-26(25-18-22(34)10-15-27(25)41)39-32(44)38-23-11-13-24(14-12-23)46-20-29(47-33(35,36)37)21-8-6-5-7-9-21;/h5-15,18-19,28-29H,4,16-17,20H2,1-3H3,(H2,38,39,44);1H. The highest BCUT2D eigenvalue weighted by Gasteiger charge is 2.34. The van der Waals surface area contributed by atoms with E-state index in [0.29, 0.717) is 22.5 Å². The topological polar surface area (TPSA) is 102 Å². The van der Waals surface area contributed by atoms with E-state index in [1.54, 1.807) is 56.3 Å². The molecule has 2 N–H and O–H groups in total. The summed E-state index contributed by atoms with van der Waals surface area (Å²) in [4.78, 5) is 40.1. The van der Waals surface area contributed by atoms with Crippen LogP contribution in [0.5, 0.6) is 5.75 Å². The first-order valence-electron chi connectivity index (χ1n) is 14.6. The molecule has 0 saturated heterocycles. The third-order valence-electron chi connectivity index (χ3n) is 7.06. The Balaban J connectivity index is 0.00000625. The number of halogens is 5. The maximum Gasteiger partial charge on any atom is 0.442 e. The Morgan fingerprint density at radius 2 is 1.67 bits per heavy atom. The number of hydrogen-bond acceptors (Lipinski definition) is 7. The number of carbonyl (C=O) groups excluding carboxylic acids is 3. The number of likely N-dealkylation sites (N-methyl/N-ethyl adjacent to an activating group) is 1. The molecule has 0 radical (unpaired) electrons. The summed E-state index contributed by atoms with van der Waals surface area (Å²) in [6.45, 7) is 1.67. The van der Waals surface area contributed by atoms with Crippen LogP contribution in [0.2, 0.25) is 0 Å². The van der Waals surface area contributed by atoms with Crippen molar-refractivity contribution in [3.63, 3.8) is 0 Å². The van der Waals surface area contributed by atoms with Crippen LogP contribution in [-0.4, -0.2) is 66.2 Å². The number of benzene rings is 3. The van der Waals surface area contributed by atoms with Crippen LogP contribution in [0.25, 0.3) is 10.9 Å². The average molecular weight is 711 g/mol. The normalized spacial score (nSPS) is 12.6. The summed E-state index contributed by atoms with van der Waals surface area (Å²) in [5.41, 5.74) is -3.09. The maximum atomic E-state index is 14.2. The van der Waals surface area contributed by atoms with Gasteiger partial charge in [0.1, 0.15) is 24.2 Å². The number of amides is 2. The Hall–Kier alpha value is -4.27. The zero-order valence-electron chi connectivity index (χ0n) is 26.3. The molecule has 9 nitrogen and oxygen atoms in total. The molecule has 258 valence electrons. The number of thioether (sulfide) groups is 1. The molecule has 0 aliphatic carbocycles. The zero-order chi connectivity index (χ0) is 34.1. The summed E-state index contributed by atoms with van der Waals surface area (Å²) in [6.07, 6.45) is 1.55. The molecule has 2 atom stereocenters. The number of rotatable bonds is 13. The fourth-order valence-electron chi connectivity index (χ4n) is 4.83. The lowest BCUT2D eigenvalue weighted by atomic mass is 10.1. The molecular formula is C33H35ClF4N4O5S. The van der Waals surface area contributed by atoms with Crippen LogP contribution in [-0.2, 0) is 9.53 Å². The summed E-state index contributed by atoms with van der Waals surface area (Å²) in [7, 11) is 3.42. The van der Waals surface area contributed by atoms with Crippen LogP contribution < -0.4 is 15.4 Å². The maximum absolute atomic E-state index is 14.2. The second-order valence-electron chi connectivity index (χ2n) is 10.6. The number of fused-ring (bicyclic) bond motifs is 1. The van der Waals surface area contributed by atoms with E-state index in [1.807, 2.05) is 0 Å². The smallest absolute Gasteiger partial charge is 0.442 e. The van der Waals surface area contributed by atoms with Crippen LogP contribution in [0.15, 0.2) is 79.0 Å². The number of nitrogens with zero attached hydrogens (tertiary/aromatic N) is 2. The highest BCUT2D eigenvalue weighted by molar-refractivity contribution is 8.00. The summed E-state index contributed by atoms with van der Waals surface area (Å²) < 4.78 is 65.7. The Bertz CT molecular complexity index is 1690. The number of alkyl halides is 3. The zero-order valence-corrected chi connectivity index (χ0v) is 27.9. The first-order chi connectivity index (χ1) is 22.3. The van der Waals surface area contributed by atoms with Gasteiger partial charge < -0.3 is 20.1 Å². The molecule has 48 heavy (non-hydrogen) atoms. The van der Waals surface area contributed by atoms with Crippen LogP contribution in [0.4, 0.5) is 33.7 Å². The predicted octanol–water partition coefficient (Wildman–Crippen LogP) is 8.13. The fraction of sp³-hybridized carbons (Fsp3) is 0.303. The van der Waals surface area contributed by atoms with Gasteiger partial charge >= 0.3 is 17.5 Å². The Morgan fingerprint density at radius 1 is 0.979 bits per heavy atom. The van der Waals surface area contributed by atoms with Gasteiger partial charge in [-0.2, -0.15) is 13.2 Å². The first-order valence-corrected chi connectivity index (χ1v) is 15.5. The number of nitrogens with one attached hydrogen (secondary N) is 2. The van der Waals surface area contributed by atoms with E-state index in [-0.39, 0.29) is 67.2 Å². The molecule has 0 aliphatic rings. The van der Waals surface area contributed by atoms with Gasteiger partial charge in [-0.05, 0) is 87.2 Å². The number of esters is 1. The van der Waals surface area contributed by atoms with Gasteiger partial charge in [0, 0.05) is 23.7 Å². The highest BCUT2D eigenvalue weighted by Crippen LogP contribution is 2.42. The third kappa shape index (κ3) is 10.6. The largest absolute Gasteiger partial charge is 0.492 e. The fourth-order valence-corrected chi connectivity index (χ4v) is 5.58. The second-order valence-corrected chi connectivity index (χ2v) is 11.9. The molecule has 0 bridgehead atoms. The molecule has 4 aromatic rings. The van der Waals surface area contributed by atoms with E-state index in [2.05, 4.69) is 10.6 Å². The van der Waals surface area contributed by atoms with Crippen molar-refractivity contribution in [2.75, 3.05) is 37.9 Å². The van der Waals surface area contributed by atoms with E-state index in [9.17, 15) is 31.9 Å². The number of hydrogen-bond donors (Lipinski definition) is 2. The quantitative estimate of drug-likeness (QED) is 0.107. The second kappa shape index (κ2) is 17.2. The average Bonchev–Trinajstić information content (AvgIpc) is 3.36. The first kappa shape index (κ1) is 38.2. The van der Waals surface area contributed by atoms with E-state index in [0.717, 1.165) is 0 Å². The monoisotopic (exact) mass is 710 g/mol. The molecule has 15 heteroatoms. The van der Waals surface area contributed by atoms with E-state index in [1.165, 1.54) is 53.2 Å². The van der Waals surface area contributed by atoms with Gasteiger partial charge in [0.05, 0.1) is 23.1 Å². The van der Waals surface area contributed by atoms with Crippen molar-refractivity contribution in [3.05, 3.63) is 90.4 Å². The number of urea groups is 1. The van der Waals surface area contributed by atoms with E-state index >= 15 is 0 Å². The summed E-state index contributed by atoms with van der Waals surface area (Å²) in [5, 5.41) is 4.57. The minimum atomic E-state index is -4.45. The van der Waals surface area contributed by atoms with Crippen LogP contribution in [0, 0.1) is 5.82 Å². The number of ether oxygens (including phenoxy) is 2. The van der Waals surface area contributed by atoms with Gasteiger partial charge in [0.25, 0.3) is 0 Å². The minimum Gasteiger partial charge on any atom is -0.492 e. The van der Waals surface area contributed by atoms with Gasteiger partial charge in [-0.25, -0.2) is 9.18 Å². The van der Waals surface area contributed by atoms with Crippen molar-refractivity contribution in [2.24, 2.45) is 0 Å². The molecule has 0 spiro atoms. The van der Waals surface area contributed by atoms with Gasteiger partial charge in [-0.15, -0.1) is 12.4 Å². The molecule has 3 aromatic carbocycles. The van der Waals surface area contributed by atoms with Crippen LogP contribution in [0.3, 0.4) is 0 Å². The SMILES string of the molecule is CCOC(=O)C(CCC(=O)n1cc(NC(=O)Nc2ccc(OCC(SC(F)(F)F)c3ccccc3)cc2)c2cc(F)ccc21)N(C)C.Cl. The van der Waals surface area contributed by atoms with E-state index < -0.39 is 34.6 Å². The molecule has 2 unspecified atom stereocenters. The number of aromatic nitrogens is 1. The van der Waals surface area contributed by atoms with Gasteiger partial charge in [0.15, 0.2) is 0 Å². The highest BCUT2D eigenvalue weighted by atomic mass is 35.5. The van der Waals surface area contributed by atoms with Crippen molar-refractivity contribution >= 4 is 64.4 Å². The predicted molar refractivity (Wildman–Crippen MR) is 181 cm³/mol. The van der Waals surface area contributed by atoms with Crippen molar-refractivity contribution in [1.82, 2.24) is 9.47 Å². The molecule has 1 heterocycles. The molecule has 1 aromatic heterocycles. The van der Waals surface area contributed by atoms with E-state index in [4.69, 9.17) is 9.47 Å². The summed E-state index contributed by atoms with van der Waals surface area (Å²) >= 11 is -0.158. The van der Waals surface area contributed by atoms with Crippen molar-refractivity contribution in [1.29, 1.82) is 0 Å². The Labute approximate surface area is 285 Å².